The van der Waals surface area contributed by atoms with Gasteiger partial charge in [0.2, 0.25) is 0 Å². The molecule has 0 spiro atoms. The predicted octanol–water partition coefficient (Wildman–Crippen LogP) is 2.28. The Hall–Kier alpha value is -1.49. The summed E-state index contributed by atoms with van der Waals surface area (Å²) in [5.41, 5.74) is -2.69. The predicted molar refractivity (Wildman–Crippen MR) is 57.3 cm³/mol. The fourth-order valence-electron chi connectivity index (χ4n) is 1.97. The number of carboxylic acids is 1. The number of aliphatic carboxylic acids is 1. The average molecular weight is 244 g/mol. The van der Waals surface area contributed by atoms with E-state index in [2.05, 4.69) is 0 Å². The second-order valence-corrected chi connectivity index (χ2v) is 4.04. The fourth-order valence-corrected chi connectivity index (χ4v) is 1.97. The van der Waals surface area contributed by atoms with Crippen LogP contribution in [0.2, 0.25) is 0 Å². The van der Waals surface area contributed by atoms with Gasteiger partial charge in [-0.1, -0.05) is 13.0 Å². The third kappa shape index (κ3) is 2.44. The molecule has 2 unspecified atom stereocenters. The van der Waals surface area contributed by atoms with E-state index in [9.17, 15) is 18.7 Å². The lowest BCUT2D eigenvalue weighted by molar-refractivity contribution is -0.152. The van der Waals surface area contributed by atoms with Crippen molar-refractivity contribution in [1.29, 1.82) is 0 Å². The summed E-state index contributed by atoms with van der Waals surface area (Å²) >= 11 is 0. The molecule has 0 aliphatic rings. The summed E-state index contributed by atoms with van der Waals surface area (Å²) < 4.78 is 27.0. The van der Waals surface area contributed by atoms with Crippen molar-refractivity contribution in [3.8, 4) is 0 Å². The van der Waals surface area contributed by atoms with E-state index in [0.29, 0.717) is 0 Å². The maximum absolute atomic E-state index is 13.5. The largest absolute Gasteiger partial charge is 0.481 e. The molecule has 0 aliphatic carbocycles. The highest BCUT2D eigenvalue weighted by molar-refractivity contribution is 5.71. The molecule has 1 rings (SSSR count). The van der Waals surface area contributed by atoms with Crippen LogP contribution >= 0.6 is 0 Å². The molecular formula is C12H14F2O3. The minimum Gasteiger partial charge on any atom is -0.481 e. The van der Waals surface area contributed by atoms with Crippen LogP contribution in [0.4, 0.5) is 8.78 Å². The molecule has 0 radical (unpaired) electrons. The van der Waals surface area contributed by atoms with Crippen molar-refractivity contribution in [3.63, 3.8) is 0 Å². The van der Waals surface area contributed by atoms with Gasteiger partial charge < -0.3 is 10.2 Å². The molecule has 5 heteroatoms. The zero-order valence-electron chi connectivity index (χ0n) is 9.58. The molecule has 0 bridgehead atoms. The van der Waals surface area contributed by atoms with Gasteiger partial charge in [0.05, 0.1) is 11.5 Å². The second kappa shape index (κ2) is 4.79. The lowest BCUT2D eigenvalue weighted by atomic mass is 9.81. The van der Waals surface area contributed by atoms with Crippen LogP contribution in [0.1, 0.15) is 25.8 Å². The van der Waals surface area contributed by atoms with Gasteiger partial charge in [-0.25, -0.2) is 8.78 Å². The smallest absolute Gasteiger partial charge is 0.309 e. The van der Waals surface area contributed by atoms with Crippen molar-refractivity contribution >= 4 is 5.97 Å². The maximum Gasteiger partial charge on any atom is 0.309 e. The van der Waals surface area contributed by atoms with Crippen LogP contribution in [0, 0.1) is 17.6 Å². The molecule has 94 valence electrons. The highest BCUT2D eigenvalue weighted by Gasteiger charge is 2.41. The van der Waals surface area contributed by atoms with Gasteiger partial charge in [0.15, 0.2) is 0 Å². The molecule has 0 fully saturated rings. The number of halogens is 2. The highest BCUT2D eigenvalue weighted by atomic mass is 19.1. The van der Waals surface area contributed by atoms with Gasteiger partial charge >= 0.3 is 5.97 Å². The van der Waals surface area contributed by atoms with E-state index >= 15 is 0 Å². The standard InChI is InChI=1S/C12H14F2O3/c1-3-7(11(15)16)12(2,17)10-8(13)5-4-6-9(10)14/h4-7,17H,3H2,1-2H3,(H,15,16). The first-order chi connectivity index (χ1) is 7.82. The Kier molecular flexibility index (Phi) is 3.83. The molecule has 3 nitrogen and oxygen atoms in total. The van der Waals surface area contributed by atoms with Gasteiger partial charge in [0.25, 0.3) is 0 Å². The number of hydrogen-bond donors (Lipinski definition) is 2. The van der Waals surface area contributed by atoms with Gasteiger partial charge in [-0.05, 0) is 25.5 Å². The molecule has 1 aromatic rings. The molecule has 0 aromatic heterocycles. The average Bonchev–Trinajstić information content (AvgIpc) is 2.16. The lowest BCUT2D eigenvalue weighted by Gasteiger charge is -2.30. The minimum atomic E-state index is -2.09. The maximum atomic E-state index is 13.5. The van der Waals surface area contributed by atoms with Crippen molar-refractivity contribution in [2.24, 2.45) is 5.92 Å². The number of benzene rings is 1. The number of aliphatic hydroxyl groups is 1. The molecular weight excluding hydrogens is 230 g/mol. The Labute approximate surface area is 97.7 Å². The summed E-state index contributed by atoms with van der Waals surface area (Å²) in [5.74, 6) is -4.46. The first kappa shape index (κ1) is 13.6. The van der Waals surface area contributed by atoms with Crippen molar-refractivity contribution in [2.45, 2.75) is 25.9 Å². The molecule has 2 N–H and O–H groups in total. The highest BCUT2D eigenvalue weighted by Crippen LogP contribution is 2.35. The van der Waals surface area contributed by atoms with Gasteiger partial charge in [-0.15, -0.1) is 0 Å². The van der Waals surface area contributed by atoms with Gasteiger partial charge in [0.1, 0.15) is 17.2 Å². The van der Waals surface area contributed by atoms with Crippen LogP contribution in [0.15, 0.2) is 18.2 Å². The zero-order valence-corrected chi connectivity index (χ0v) is 9.58. The number of carboxylic acid groups (broad SMARTS) is 1. The van der Waals surface area contributed by atoms with E-state index < -0.39 is 34.7 Å². The summed E-state index contributed by atoms with van der Waals surface area (Å²) in [4.78, 5) is 11.0. The summed E-state index contributed by atoms with van der Waals surface area (Å²) in [5, 5.41) is 19.1. The van der Waals surface area contributed by atoms with Crippen molar-refractivity contribution in [3.05, 3.63) is 35.4 Å². The fraction of sp³-hybridized carbons (Fsp3) is 0.417. The van der Waals surface area contributed by atoms with Crippen LogP contribution < -0.4 is 0 Å². The van der Waals surface area contributed by atoms with E-state index in [1.807, 2.05) is 0 Å². The van der Waals surface area contributed by atoms with E-state index in [-0.39, 0.29) is 6.42 Å². The van der Waals surface area contributed by atoms with Crippen LogP contribution in [0.3, 0.4) is 0 Å². The SMILES string of the molecule is CCC(C(=O)O)C(C)(O)c1c(F)cccc1F. The van der Waals surface area contributed by atoms with Crippen LogP contribution in [-0.2, 0) is 10.4 Å². The van der Waals surface area contributed by atoms with E-state index in [1.54, 1.807) is 0 Å². The lowest BCUT2D eigenvalue weighted by Crippen LogP contribution is -2.38. The molecule has 0 saturated heterocycles. The number of rotatable bonds is 4. The Morgan fingerprint density at radius 3 is 2.24 bits per heavy atom. The summed E-state index contributed by atoms with van der Waals surface area (Å²) in [6.45, 7) is 2.64. The zero-order chi connectivity index (χ0) is 13.2. The van der Waals surface area contributed by atoms with E-state index in [0.717, 1.165) is 25.1 Å². The van der Waals surface area contributed by atoms with Crippen molar-refractivity contribution in [2.75, 3.05) is 0 Å². The Bertz CT molecular complexity index is 410. The summed E-state index contributed by atoms with van der Waals surface area (Å²) in [7, 11) is 0. The van der Waals surface area contributed by atoms with E-state index in [4.69, 9.17) is 5.11 Å². The Morgan fingerprint density at radius 2 is 1.88 bits per heavy atom. The molecule has 0 heterocycles. The van der Waals surface area contributed by atoms with Crippen molar-refractivity contribution in [1.82, 2.24) is 0 Å². The summed E-state index contributed by atoms with van der Waals surface area (Å²) in [6.07, 6.45) is 0.0656. The van der Waals surface area contributed by atoms with Crippen LogP contribution in [-0.4, -0.2) is 16.2 Å². The monoisotopic (exact) mass is 244 g/mol. The topological polar surface area (TPSA) is 57.5 Å². The van der Waals surface area contributed by atoms with Crippen LogP contribution in [0.5, 0.6) is 0 Å². The normalized spacial score (nSPS) is 16.3. The third-order valence-corrected chi connectivity index (χ3v) is 2.85. The van der Waals surface area contributed by atoms with Gasteiger partial charge in [-0.2, -0.15) is 0 Å². The Morgan fingerprint density at radius 1 is 1.41 bits per heavy atom. The molecule has 0 saturated carbocycles. The molecule has 17 heavy (non-hydrogen) atoms. The minimum absolute atomic E-state index is 0.0656. The quantitative estimate of drug-likeness (QED) is 0.854. The molecule has 1 aromatic carbocycles. The van der Waals surface area contributed by atoms with E-state index in [1.165, 1.54) is 6.92 Å². The molecule has 0 aliphatic heterocycles. The van der Waals surface area contributed by atoms with Crippen molar-refractivity contribution < 1.29 is 23.8 Å². The Balaban J connectivity index is 3.34. The van der Waals surface area contributed by atoms with Crippen LogP contribution in [0.25, 0.3) is 0 Å². The first-order valence-corrected chi connectivity index (χ1v) is 5.22. The number of carbonyl (C=O) groups is 1. The summed E-state index contributed by atoms with van der Waals surface area (Å²) in [6, 6.07) is 3.13. The van der Waals surface area contributed by atoms with Gasteiger partial charge in [-0.3, -0.25) is 4.79 Å². The first-order valence-electron chi connectivity index (χ1n) is 5.22. The second-order valence-electron chi connectivity index (χ2n) is 4.04. The molecule has 2 atom stereocenters. The number of hydrogen-bond acceptors (Lipinski definition) is 2. The van der Waals surface area contributed by atoms with Gasteiger partial charge in [0, 0.05) is 0 Å². The third-order valence-electron chi connectivity index (χ3n) is 2.85. The molecule has 0 amide bonds.